The lowest BCUT2D eigenvalue weighted by Crippen LogP contribution is -2.45. The summed E-state index contributed by atoms with van der Waals surface area (Å²) in [6, 6.07) is 14.1. The molecule has 0 aliphatic carbocycles. The van der Waals surface area contributed by atoms with E-state index in [1.165, 1.54) is 11.8 Å². The lowest BCUT2D eigenvalue weighted by Gasteiger charge is -2.30. The van der Waals surface area contributed by atoms with E-state index in [-0.39, 0.29) is 18.2 Å². The van der Waals surface area contributed by atoms with Gasteiger partial charge in [0.25, 0.3) is 0 Å². The summed E-state index contributed by atoms with van der Waals surface area (Å²) in [6.07, 6.45) is 0.120. The van der Waals surface area contributed by atoms with Crippen molar-refractivity contribution in [2.45, 2.75) is 18.6 Å². The van der Waals surface area contributed by atoms with E-state index in [0.29, 0.717) is 33.9 Å². The Morgan fingerprint density at radius 2 is 2.07 bits per heavy atom. The largest absolute Gasteiger partial charge is 0.497 e. The molecule has 1 fully saturated rings. The SMILES string of the molecule is CCN1C(=O)CC(C(=O)Nc2ccc(Cl)cc2)SC1=Nc1cccc(OC)c1. The van der Waals surface area contributed by atoms with Gasteiger partial charge in [-0.2, -0.15) is 0 Å². The van der Waals surface area contributed by atoms with Crippen LogP contribution in [0.1, 0.15) is 13.3 Å². The molecule has 2 amide bonds. The third kappa shape index (κ3) is 4.85. The molecule has 1 heterocycles. The zero-order chi connectivity index (χ0) is 20.1. The molecule has 0 radical (unpaired) electrons. The monoisotopic (exact) mass is 417 g/mol. The fourth-order valence-electron chi connectivity index (χ4n) is 2.70. The molecule has 1 N–H and O–H groups in total. The Morgan fingerprint density at radius 1 is 1.32 bits per heavy atom. The number of carbonyl (C=O) groups is 2. The molecule has 0 saturated carbocycles. The van der Waals surface area contributed by atoms with Crippen molar-refractivity contribution < 1.29 is 14.3 Å². The Balaban J connectivity index is 1.81. The van der Waals surface area contributed by atoms with Crippen molar-refractivity contribution >= 4 is 51.7 Å². The molecule has 1 aliphatic heterocycles. The normalized spacial score (nSPS) is 18.2. The molecule has 1 atom stereocenters. The van der Waals surface area contributed by atoms with E-state index < -0.39 is 5.25 Å². The number of methoxy groups -OCH3 is 1. The smallest absolute Gasteiger partial charge is 0.238 e. The van der Waals surface area contributed by atoms with Gasteiger partial charge in [-0.1, -0.05) is 29.4 Å². The summed E-state index contributed by atoms with van der Waals surface area (Å²) in [7, 11) is 1.58. The van der Waals surface area contributed by atoms with Crippen LogP contribution in [0.15, 0.2) is 53.5 Å². The zero-order valence-corrected chi connectivity index (χ0v) is 17.1. The van der Waals surface area contributed by atoms with Crippen LogP contribution in [0.4, 0.5) is 11.4 Å². The van der Waals surface area contributed by atoms with Crippen LogP contribution in [0.3, 0.4) is 0 Å². The molecule has 6 nitrogen and oxygen atoms in total. The molecular formula is C20H20ClN3O3S. The maximum absolute atomic E-state index is 12.7. The summed E-state index contributed by atoms with van der Waals surface area (Å²) in [4.78, 5) is 31.4. The average molecular weight is 418 g/mol. The van der Waals surface area contributed by atoms with Gasteiger partial charge in [0.05, 0.1) is 12.8 Å². The first kappa shape index (κ1) is 20.2. The second-order valence-corrected chi connectivity index (χ2v) is 7.65. The number of amides is 2. The maximum atomic E-state index is 12.7. The molecule has 28 heavy (non-hydrogen) atoms. The lowest BCUT2D eigenvalue weighted by molar-refractivity contribution is -0.129. The van der Waals surface area contributed by atoms with Crippen molar-refractivity contribution in [2.24, 2.45) is 4.99 Å². The van der Waals surface area contributed by atoms with Gasteiger partial charge in [-0.05, 0) is 43.3 Å². The number of carbonyl (C=O) groups excluding carboxylic acids is 2. The molecule has 0 aromatic heterocycles. The molecule has 8 heteroatoms. The predicted octanol–water partition coefficient (Wildman–Crippen LogP) is 4.33. The molecule has 146 valence electrons. The van der Waals surface area contributed by atoms with Crippen molar-refractivity contribution in [1.29, 1.82) is 0 Å². The Labute approximate surface area is 172 Å². The van der Waals surface area contributed by atoms with Gasteiger partial charge in [-0.15, -0.1) is 0 Å². The molecule has 0 spiro atoms. The van der Waals surface area contributed by atoms with Gasteiger partial charge >= 0.3 is 0 Å². The van der Waals surface area contributed by atoms with E-state index in [9.17, 15) is 9.59 Å². The Kier molecular flexibility index (Phi) is 6.59. The van der Waals surface area contributed by atoms with Gasteiger partial charge in [0.15, 0.2) is 5.17 Å². The van der Waals surface area contributed by atoms with Gasteiger partial charge in [0.2, 0.25) is 11.8 Å². The Morgan fingerprint density at radius 3 is 2.75 bits per heavy atom. The summed E-state index contributed by atoms with van der Waals surface area (Å²) in [5.41, 5.74) is 1.29. The number of amidine groups is 1. The van der Waals surface area contributed by atoms with Crippen LogP contribution < -0.4 is 10.1 Å². The molecule has 1 aliphatic rings. The maximum Gasteiger partial charge on any atom is 0.238 e. The third-order valence-corrected chi connectivity index (χ3v) is 5.58. The summed E-state index contributed by atoms with van der Waals surface area (Å²) in [5, 5.41) is 3.36. The van der Waals surface area contributed by atoms with E-state index in [4.69, 9.17) is 16.3 Å². The molecule has 1 unspecified atom stereocenters. The highest BCUT2D eigenvalue weighted by Gasteiger charge is 2.35. The number of anilines is 1. The highest BCUT2D eigenvalue weighted by atomic mass is 35.5. The minimum absolute atomic E-state index is 0.120. The van der Waals surface area contributed by atoms with E-state index >= 15 is 0 Å². The van der Waals surface area contributed by atoms with Crippen molar-refractivity contribution in [3.8, 4) is 5.75 Å². The minimum atomic E-state index is -0.560. The first-order valence-corrected chi connectivity index (χ1v) is 10.0. The van der Waals surface area contributed by atoms with E-state index in [1.54, 1.807) is 42.3 Å². The molecular weight excluding hydrogens is 398 g/mol. The van der Waals surface area contributed by atoms with Crippen LogP contribution in [0.2, 0.25) is 5.02 Å². The molecule has 2 aromatic rings. The van der Waals surface area contributed by atoms with Crippen LogP contribution in [-0.2, 0) is 9.59 Å². The number of aliphatic imine (C=N–C) groups is 1. The number of hydrogen-bond acceptors (Lipinski definition) is 5. The molecule has 0 bridgehead atoms. The number of nitrogens with zero attached hydrogens (tertiary/aromatic N) is 2. The van der Waals surface area contributed by atoms with Crippen LogP contribution >= 0.6 is 23.4 Å². The van der Waals surface area contributed by atoms with Crippen molar-refractivity contribution in [1.82, 2.24) is 4.90 Å². The van der Waals surface area contributed by atoms with Crippen LogP contribution in [0, 0.1) is 0 Å². The average Bonchev–Trinajstić information content (AvgIpc) is 2.69. The number of halogens is 1. The zero-order valence-electron chi connectivity index (χ0n) is 15.5. The Bertz CT molecular complexity index is 902. The van der Waals surface area contributed by atoms with Crippen LogP contribution in [-0.4, -0.2) is 40.8 Å². The third-order valence-electron chi connectivity index (χ3n) is 4.14. The summed E-state index contributed by atoms with van der Waals surface area (Å²) < 4.78 is 5.22. The lowest BCUT2D eigenvalue weighted by atomic mass is 10.2. The van der Waals surface area contributed by atoms with Gasteiger partial charge in [0.1, 0.15) is 11.0 Å². The van der Waals surface area contributed by atoms with Crippen LogP contribution in [0.25, 0.3) is 0 Å². The topological polar surface area (TPSA) is 71.0 Å². The number of hydrogen-bond donors (Lipinski definition) is 1. The quantitative estimate of drug-likeness (QED) is 0.786. The van der Waals surface area contributed by atoms with E-state index in [2.05, 4.69) is 10.3 Å². The van der Waals surface area contributed by atoms with E-state index in [1.807, 2.05) is 25.1 Å². The highest BCUT2D eigenvalue weighted by molar-refractivity contribution is 8.15. The Hall–Kier alpha value is -2.51. The highest BCUT2D eigenvalue weighted by Crippen LogP contribution is 2.30. The fourth-order valence-corrected chi connectivity index (χ4v) is 3.99. The van der Waals surface area contributed by atoms with Crippen molar-refractivity contribution in [3.05, 3.63) is 53.6 Å². The van der Waals surface area contributed by atoms with Gasteiger partial charge < -0.3 is 10.1 Å². The summed E-state index contributed by atoms with van der Waals surface area (Å²) >= 11 is 7.16. The summed E-state index contributed by atoms with van der Waals surface area (Å²) in [5.74, 6) is 0.308. The van der Waals surface area contributed by atoms with Gasteiger partial charge in [-0.25, -0.2) is 4.99 Å². The molecule has 2 aromatic carbocycles. The van der Waals surface area contributed by atoms with Crippen LogP contribution in [0.5, 0.6) is 5.75 Å². The van der Waals surface area contributed by atoms with Gasteiger partial charge in [-0.3, -0.25) is 14.5 Å². The predicted molar refractivity (Wildman–Crippen MR) is 114 cm³/mol. The van der Waals surface area contributed by atoms with Crippen molar-refractivity contribution in [2.75, 3.05) is 19.0 Å². The number of benzene rings is 2. The van der Waals surface area contributed by atoms with Crippen molar-refractivity contribution in [3.63, 3.8) is 0 Å². The fraction of sp³-hybridized carbons (Fsp3) is 0.250. The number of nitrogens with one attached hydrogen (secondary N) is 1. The summed E-state index contributed by atoms with van der Waals surface area (Å²) in [6.45, 7) is 2.37. The first-order chi connectivity index (χ1) is 13.5. The number of ether oxygens (including phenoxy) is 1. The van der Waals surface area contributed by atoms with E-state index in [0.717, 1.165) is 0 Å². The number of rotatable bonds is 5. The number of thioether (sulfide) groups is 1. The minimum Gasteiger partial charge on any atom is -0.497 e. The standard InChI is InChI=1S/C20H20ClN3O3S/c1-3-24-18(25)12-17(19(26)22-14-9-7-13(21)8-10-14)28-20(24)23-15-5-4-6-16(11-15)27-2/h4-11,17H,3,12H2,1-2H3,(H,22,26). The molecule has 1 saturated heterocycles. The first-order valence-electron chi connectivity index (χ1n) is 8.76. The molecule has 3 rings (SSSR count). The van der Waals surface area contributed by atoms with Gasteiger partial charge in [0, 0.05) is 29.7 Å². The second kappa shape index (κ2) is 9.12. The second-order valence-electron chi connectivity index (χ2n) is 6.04.